The summed E-state index contributed by atoms with van der Waals surface area (Å²) in [5, 5.41) is 8.79. The van der Waals surface area contributed by atoms with Crippen molar-refractivity contribution in [1.82, 2.24) is 9.21 Å². The topological polar surface area (TPSA) is 73.6 Å². The van der Waals surface area contributed by atoms with E-state index in [4.69, 9.17) is 10.00 Å². The fraction of sp³-hybridized carbons (Fsp3) is 0.533. The van der Waals surface area contributed by atoms with Crippen LogP contribution in [0.1, 0.15) is 12.0 Å². The molecule has 6 nitrogen and oxygen atoms in total. The summed E-state index contributed by atoms with van der Waals surface area (Å²) < 4.78 is 32.2. The molecule has 2 saturated heterocycles. The van der Waals surface area contributed by atoms with E-state index in [1.54, 1.807) is 12.1 Å². The average molecular weight is 321 g/mol. The molecule has 2 heterocycles. The molecule has 0 bridgehead atoms. The zero-order chi connectivity index (χ0) is 15.6. The Hall–Kier alpha value is -1.46. The highest BCUT2D eigenvalue weighted by Gasteiger charge is 2.32. The molecule has 0 unspecified atom stereocenters. The van der Waals surface area contributed by atoms with Crippen molar-refractivity contribution in [3.8, 4) is 6.07 Å². The molecule has 0 N–H and O–H groups in total. The molecule has 0 aliphatic carbocycles. The van der Waals surface area contributed by atoms with Gasteiger partial charge in [-0.3, -0.25) is 4.90 Å². The number of ether oxygens (including phenoxy) is 1. The van der Waals surface area contributed by atoms with Gasteiger partial charge in [-0.05, 0) is 30.7 Å². The largest absolute Gasteiger partial charge is 0.380 e. The fourth-order valence-electron chi connectivity index (χ4n) is 2.97. The van der Waals surface area contributed by atoms with Crippen molar-refractivity contribution in [2.45, 2.75) is 17.4 Å². The average Bonchev–Trinajstić information content (AvgIpc) is 3.09. The van der Waals surface area contributed by atoms with Crippen LogP contribution in [0.5, 0.6) is 0 Å². The van der Waals surface area contributed by atoms with E-state index in [9.17, 15) is 8.42 Å². The number of hydrogen-bond donors (Lipinski definition) is 0. The van der Waals surface area contributed by atoms with E-state index in [2.05, 4.69) is 4.90 Å². The Bertz CT molecular complexity index is 652. The Morgan fingerprint density at radius 1 is 1.14 bits per heavy atom. The van der Waals surface area contributed by atoms with E-state index in [1.807, 2.05) is 6.07 Å². The lowest BCUT2D eigenvalue weighted by atomic mass is 10.2. The van der Waals surface area contributed by atoms with Crippen LogP contribution in [0.25, 0.3) is 0 Å². The van der Waals surface area contributed by atoms with Crippen LogP contribution in [0, 0.1) is 11.3 Å². The third-order valence-corrected chi connectivity index (χ3v) is 6.23. The molecule has 1 aromatic rings. The van der Waals surface area contributed by atoms with Gasteiger partial charge < -0.3 is 4.74 Å². The number of hydrogen-bond acceptors (Lipinski definition) is 5. The maximum absolute atomic E-state index is 12.6. The lowest BCUT2D eigenvalue weighted by Gasteiger charge is -2.36. The first-order valence-corrected chi connectivity index (χ1v) is 8.87. The number of sulfonamides is 1. The molecule has 22 heavy (non-hydrogen) atoms. The van der Waals surface area contributed by atoms with E-state index in [0.717, 1.165) is 32.7 Å². The van der Waals surface area contributed by atoms with Gasteiger partial charge in [-0.2, -0.15) is 9.57 Å². The second kappa shape index (κ2) is 6.34. The molecule has 118 valence electrons. The highest BCUT2D eigenvalue weighted by Crippen LogP contribution is 2.20. The minimum Gasteiger partial charge on any atom is -0.380 e. The number of nitrogens with zero attached hydrogens (tertiary/aromatic N) is 3. The molecule has 0 radical (unpaired) electrons. The van der Waals surface area contributed by atoms with E-state index in [-0.39, 0.29) is 4.90 Å². The number of piperazine rings is 1. The van der Waals surface area contributed by atoms with E-state index < -0.39 is 10.0 Å². The SMILES string of the molecule is N#Cc1ccc(S(=O)(=O)N2CCN([C@H]3CCOC3)CC2)cc1. The highest BCUT2D eigenvalue weighted by molar-refractivity contribution is 7.89. The molecular weight excluding hydrogens is 302 g/mol. The van der Waals surface area contributed by atoms with Crippen LogP contribution >= 0.6 is 0 Å². The van der Waals surface area contributed by atoms with E-state index in [0.29, 0.717) is 24.7 Å². The normalized spacial score (nSPS) is 24.2. The lowest BCUT2D eigenvalue weighted by Crippen LogP contribution is -2.52. The first-order chi connectivity index (χ1) is 10.6. The van der Waals surface area contributed by atoms with Crippen molar-refractivity contribution >= 4 is 10.0 Å². The molecule has 2 aliphatic rings. The molecule has 1 atom stereocenters. The number of benzene rings is 1. The molecule has 0 saturated carbocycles. The van der Waals surface area contributed by atoms with Gasteiger partial charge in [0.2, 0.25) is 10.0 Å². The summed E-state index contributed by atoms with van der Waals surface area (Å²) in [6.07, 6.45) is 1.03. The summed E-state index contributed by atoms with van der Waals surface area (Å²) in [6.45, 7) is 4.03. The van der Waals surface area contributed by atoms with Gasteiger partial charge in [0.1, 0.15) is 0 Å². The van der Waals surface area contributed by atoms with Crippen LogP contribution in [0.2, 0.25) is 0 Å². The monoisotopic (exact) mass is 321 g/mol. The van der Waals surface area contributed by atoms with Crippen LogP contribution < -0.4 is 0 Å². The van der Waals surface area contributed by atoms with Gasteiger partial charge in [0.15, 0.2) is 0 Å². The van der Waals surface area contributed by atoms with Crippen LogP contribution in [-0.2, 0) is 14.8 Å². The lowest BCUT2D eigenvalue weighted by molar-refractivity contribution is 0.113. The Kier molecular flexibility index (Phi) is 4.45. The Labute approximate surface area is 130 Å². The van der Waals surface area contributed by atoms with Crippen molar-refractivity contribution in [1.29, 1.82) is 5.26 Å². The molecular formula is C15H19N3O3S. The van der Waals surface area contributed by atoms with Crippen molar-refractivity contribution < 1.29 is 13.2 Å². The maximum atomic E-state index is 12.6. The summed E-state index contributed by atoms with van der Waals surface area (Å²) in [5.74, 6) is 0. The molecule has 3 rings (SSSR count). The number of nitriles is 1. The molecule has 1 aromatic carbocycles. The molecule has 0 amide bonds. The van der Waals surface area contributed by atoms with Gasteiger partial charge in [0, 0.05) is 38.8 Å². The standard InChI is InChI=1S/C15H19N3O3S/c16-11-13-1-3-15(4-2-13)22(19,20)18-8-6-17(7-9-18)14-5-10-21-12-14/h1-4,14H,5-10,12H2/t14-/m0/s1. The zero-order valence-electron chi connectivity index (χ0n) is 12.3. The third kappa shape index (κ3) is 3.01. The quantitative estimate of drug-likeness (QED) is 0.817. The molecule has 0 spiro atoms. The second-order valence-electron chi connectivity index (χ2n) is 5.59. The van der Waals surface area contributed by atoms with Gasteiger partial charge in [0.05, 0.1) is 23.1 Å². The van der Waals surface area contributed by atoms with Crippen LogP contribution in [0.4, 0.5) is 0 Å². The van der Waals surface area contributed by atoms with E-state index in [1.165, 1.54) is 16.4 Å². The van der Waals surface area contributed by atoms with Crippen LogP contribution in [0.3, 0.4) is 0 Å². The summed E-state index contributed by atoms with van der Waals surface area (Å²) in [6, 6.07) is 8.52. The van der Waals surface area contributed by atoms with Gasteiger partial charge in [-0.1, -0.05) is 0 Å². The highest BCUT2D eigenvalue weighted by atomic mass is 32.2. The summed E-state index contributed by atoms with van der Waals surface area (Å²) in [7, 11) is -3.47. The van der Waals surface area contributed by atoms with Gasteiger partial charge in [0.25, 0.3) is 0 Å². The minimum atomic E-state index is -3.47. The van der Waals surface area contributed by atoms with Gasteiger partial charge in [-0.15, -0.1) is 0 Å². The smallest absolute Gasteiger partial charge is 0.243 e. The van der Waals surface area contributed by atoms with Crippen LogP contribution in [0.15, 0.2) is 29.2 Å². The number of rotatable bonds is 3. The molecule has 2 aliphatic heterocycles. The molecule has 2 fully saturated rings. The fourth-order valence-corrected chi connectivity index (χ4v) is 4.39. The van der Waals surface area contributed by atoms with Gasteiger partial charge >= 0.3 is 0 Å². The second-order valence-corrected chi connectivity index (χ2v) is 7.53. The Morgan fingerprint density at radius 2 is 1.82 bits per heavy atom. The van der Waals surface area contributed by atoms with Crippen molar-refractivity contribution in [3.63, 3.8) is 0 Å². The summed E-state index contributed by atoms with van der Waals surface area (Å²) in [4.78, 5) is 2.57. The minimum absolute atomic E-state index is 0.254. The van der Waals surface area contributed by atoms with Crippen molar-refractivity contribution in [3.05, 3.63) is 29.8 Å². The predicted molar refractivity (Wildman–Crippen MR) is 80.7 cm³/mol. The Morgan fingerprint density at radius 3 is 2.36 bits per heavy atom. The predicted octanol–water partition coefficient (Wildman–Crippen LogP) is 0.653. The summed E-state index contributed by atoms with van der Waals surface area (Å²) >= 11 is 0. The van der Waals surface area contributed by atoms with Gasteiger partial charge in [-0.25, -0.2) is 8.42 Å². The van der Waals surface area contributed by atoms with E-state index >= 15 is 0 Å². The molecule has 0 aromatic heterocycles. The Balaban J connectivity index is 1.67. The molecule has 7 heteroatoms. The zero-order valence-corrected chi connectivity index (χ0v) is 13.1. The van der Waals surface area contributed by atoms with Crippen molar-refractivity contribution in [2.75, 3.05) is 39.4 Å². The maximum Gasteiger partial charge on any atom is 0.243 e. The van der Waals surface area contributed by atoms with Crippen molar-refractivity contribution in [2.24, 2.45) is 0 Å². The third-order valence-electron chi connectivity index (χ3n) is 4.32. The first kappa shape index (κ1) is 15.4. The summed E-state index contributed by atoms with van der Waals surface area (Å²) in [5.41, 5.74) is 0.463. The first-order valence-electron chi connectivity index (χ1n) is 7.43. The van der Waals surface area contributed by atoms with Crippen LogP contribution in [-0.4, -0.2) is 63.1 Å².